The minimum absolute atomic E-state index is 0.0514. The van der Waals surface area contributed by atoms with E-state index in [2.05, 4.69) is 5.32 Å². The lowest BCUT2D eigenvalue weighted by Gasteiger charge is -2.15. The van der Waals surface area contributed by atoms with Crippen molar-refractivity contribution in [1.29, 1.82) is 0 Å². The van der Waals surface area contributed by atoms with Gasteiger partial charge in [0.1, 0.15) is 6.04 Å². The summed E-state index contributed by atoms with van der Waals surface area (Å²) in [7, 11) is 1.44. The maximum atomic E-state index is 11.0. The third-order valence-corrected chi connectivity index (χ3v) is 2.63. The second-order valence-corrected chi connectivity index (χ2v) is 4.26. The number of carboxylic acids is 1. The smallest absolute Gasteiger partial charge is 0.326 e. The predicted octanol–water partition coefficient (Wildman–Crippen LogP) is 0.841. The zero-order valence-electron chi connectivity index (χ0n) is 11.1. The number of amides is 1. The highest BCUT2D eigenvalue weighted by atomic mass is 16.5. The maximum Gasteiger partial charge on any atom is 0.326 e. The Morgan fingerprint density at radius 2 is 2.05 bits per heavy atom. The summed E-state index contributed by atoms with van der Waals surface area (Å²) in [5, 5.41) is 21.1. The van der Waals surface area contributed by atoms with E-state index in [1.807, 2.05) is 0 Å². The van der Waals surface area contributed by atoms with E-state index in [9.17, 15) is 14.7 Å². The molecule has 0 bridgehead atoms. The van der Waals surface area contributed by atoms with E-state index in [0.29, 0.717) is 16.9 Å². The van der Waals surface area contributed by atoms with Crippen LogP contribution in [0, 0.1) is 6.92 Å². The fourth-order valence-corrected chi connectivity index (χ4v) is 1.89. The SMILES string of the molecule is COc1c(C)cc(C[C@H](NC(C)=O)C(=O)O)cc1O. The Morgan fingerprint density at radius 1 is 1.42 bits per heavy atom. The van der Waals surface area contributed by atoms with E-state index in [0.717, 1.165) is 0 Å². The number of aliphatic carboxylic acids is 1. The highest BCUT2D eigenvalue weighted by Crippen LogP contribution is 2.31. The molecule has 6 heteroatoms. The van der Waals surface area contributed by atoms with E-state index in [-0.39, 0.29) is 12.2 Å². The lowest BCUT2D eigenvalue weighted by molar-refractivity contribution is -0.141. The topological polar surface area (TPSA) is 95.9 Å². The van der Waals surface area contributed by atoms with Crippen LogP contribution in [0.15, 0.2) is 12.1 Å². The van der Waals surface area contributed by atoms with Crippen molar-refractivity contribution in [2.75, 3.05) is 7.11 Å². The highest BCUT2D eigenvalue weighted by Gasteiger charge is 2.20. The molecule has 1 aromatic rings. The van der Waals surface area contributed by atoms with Gasteiger partial charge in [0.25, 0.3) is 0 Å². The standard InChI is InChI=1S/C13H17NO5/c1-7-4-9(6-11(16)12(7)19-3)5-10(13(17)18)14-8(2)15/h4,6,10,16H,5H2,1-3H3,(H,14,15)(H,17,18)/t10-/m0/s1. The van der Waals surface area contributed by atoms with Crippen LogP contribution in [-0.2, 0) is 16.0 Å². The predicted molar refractivity (Wildman–Crippen MR) is 68.3 cm³/mol. The Bertz CT molecular complexity index is 475. The van der Waals surface area contributed by atoms with Gasteiger partial charge < -0.3 is 20.3 Å². The van der Waals surface area contributed by atoms with Gasteiger partial charge in [-0.15, -0.1) is 0 Å². The van der Waals surface area contributed by atoms with Crippen molar-refractivity contribution in [3.05, 3.63) is 23.3 Å². The van der Waals surface area contributed by atoms with Gasteiger partial charge in [-0.25, -0.2) is 4.79 Å². The molecule has 0 saturated carbocycles. The van der Waals surface area contributed by atoms with E-state index < -0.39 is 17.9 Å². The summed E-state index contributed by atoms with van der Waals surface area (Å²) >= 11 is 0. The molecule has 0 heterocycles. The van der Waals surface area contributed by atoms with Gasteiger partial charge in [0, 0.05) is 13.3 Å². The number of phenols is 1. The van der Waals surface area contributed by atoms with Crippen LogP contribution in [0.5, 0.6) is 11.5 Å². The number of carbonyl (C=O) groups is 2. The number of hydrogen-bond donors (Lipinski definition) is 3. The number of phenolic OH excluding ortho intramolecular Hbond substituents is 1. The Morgan fingerprint density at radius 3 is 2.47 bits per heavy atom. The van der Waals surface area contributed by atoms with Crippen LogP contribution >= 0.6 is 0 Å². The van der Waals surface area contributed by atoms with Gasteiger partial charge >= 0.3 is 5.97 Å². The Kier molecular flexibility index (Phi) is 4.74. The molecule has 0 saturated heterocycles. The third-order valence-electron chi connectivity index (χ3n) is 2.63. The molecule has 1 aromatic carbocycles. The molecular formula is C13H17NO5. The molecule has 1 amide bonds. The molecule has 1 atom stereocenters. The molecule has 0 unspecified atom stereocenters. The summed E-state index contributed by atoms with van der Waals surface area (Å²) in [6, 6.07) is 2.13. The first-order valence-corrected chi connectivity index (χ1v) is 5.71. The largest absolute Gasteiger partial charge is 0.504 e. The zero-order chi connectivity index (χ0) is 14.6. The van der Waals surface area contributed by atoms with Crippen molar-refractivity contribution in [2.24, 2.45) is 0 Å². The van der Waals surface area contributed by atoms with Crippen LogP contribution in [0.2, 0.25) is 0 Å². The first-order valence-electron chi connectivity index (χ1n) is 5.71. The molecule has 0 aromatic heterocycles. The Labute approximate surface area is 111 Å². The molecular weight excluding hydrogens is 250 g/mol. The molecule has 1 rings (SSSR count). The third kappa shape index (κ3) is 3.87. The number of carboxylic acid groups (broad SMARTS) is 1. The number of hydrogen-bond acceptors (Lipinski definition) is 4. The average molecular weight is 267 g/mol. The van der Waals surface area contributed by atoms with Gasteiger partial charge in [-0.05, 0) is 24.1 Å². The maximum absolute atomic E-state index is 11.0. The van der Waals surface area contributed by atoms with Crippen molar-refractivity contribution in [3.8, 4) is 11.5 Å². The van der Waals surface area contributed by atoms with E-state index in [1.165, 1.54) is 20.1 Å². The molecule has 3 N–H and O–H groups in total. The van der Waals surface area contributed by atoms with Gasteiger partial charge in [0.2, 0.25) is 5.91 Å². The molecule has 0 aliphatic carbocycles. The van der Waals surface area contributed by atoms with Crippen LogP contribution < -0.4 is 10.1 Å². The summed E-state index contributed by atoms with van der Waals surface area (Å²) in [5.41, 5.74) is 1.31. The molecule has 19 heavy (non-hydrogen) atoms. The van der Waals surface area contributed by atoms with Gasteiger partial charge in [0.15, 0.2) is 11.5 Å². The van der Waals surface area contributed by atoms with Crippen LogP contribution in [0.3, 0.4) is 0 Å². The van der Waals surface area contributed by atoms with Crippen molar-refractivity contribution < 1.29 is 24.5 Å². The number of benzene rings is 1. The van der Waals surface area contributed by atoms with Crippen molar-refractivity contribution >= 4 is 11.9 Å². The molecule has 104 valence electrons. The molecule has 0 spiro atoms. The van der Waals surface area contributed by atoms with Crippen LogP contribution in [0.4, 0.5) is 0 Å². The summed E-state index contributed by atoms with van der Waals surface area (Å²) < 4.78 is 5.01. The number of methoxy groups -OCH3 is 1. The van der Waals surface area contributed by atoms with E-state index in [4.69, 9.17) is 9.84 Å². The van der Waals surface area contributed by atoms with Gasteiger partial charge in [0.05, 0.1) is 7.11 Å². The number of aryl methyl sites for hydroxylation is 1. The van der Waals surface area contributed by atoms with Gasteiger partial charge in [-0.2, -0.15) is 0 Å². The van der Waals surface area contributed by atoms with Crippen molar-refractivity contribution in [1.82, 2.24) is 5.32 Å². The molecule has 0 aliphatic heterocycles. The number of carbonyl (C=O) groups excluding carboxylic acids is 1. The van der Waals surface area contributed by atoms with E-state index in [1.54, 1.807) is 13.0 Å². The van der Waals surface area contributed by atoms with Gasteiger partial charge in [-0.3, -0.25) is 4.79 Å². The van der Waals surface area contributed by atoms with Gasteiger partial charge in [-0.1, -0.05) is 6.07 Å². The number of aromatic hydroxyl groups is 1. The number of rotatable bonds is 5. The summed E-state index contributed by atoms with van der Waals surface area (Å²) in [6.07, 6.45) is 0.0906. The normalized spacial score (nSPS) is 11.7. The van der Waals surface area contributed by atoms with Crippen LogP contribution in [0.1, 0.15) is 18.1 Å². The quantitative estimate of drug-likeness (QED) is 0.734. The molecule has 0 fully saturated rings. The summed E-state index contributed by atoms with van der Waals surface area (Å²) in [5.74, 6) is -1.23. The lowest BCUT2D eigenvalue weighted by atomic mass is 10.0. The van der Waals surface area contributed by atoms with Crippen LogP contribution in [0.25, 0.3) is 0 Å². The molecule has 0 aliphatic rings. The Balaban J connectivity index is 2.97. The van der Waals surface area contributed by atoms with E-state index >= 15 is 0 Å². The minimum atomic E-state index is -1.12. The second-order valence-electron chi connectivity index (χ2n) is 4.26. The summed E-state index contributed by atoms with van der Waals surface area (Å²) in [4.78, 5) is 22.0. The van der Waals surface area contributed by atoms with Crippen molar-refractivity contribution in [3.63, 3.8) is 0 Å². The average Bonchev–Trinajstić information content (AvgIpc) is 2.27. The summed E-state index contributed by atoms with van der Waals surface area (Å²) in [6.45, 7) is 3.00. The Hall–Kier alpha value is -2.24. The van der Waals surface area contributed by atoms with Crippen LogP contribution in [-0.4, -0.2) is 35.2 Å². The first kappa shape index (κ1) is 14.8. The first-order chi connectivity index (χ1) is 8.85. The van der Waals surface area contributed by atoms with Crippen molar-refractivity contribution in [2.45, 2.75) is 26.3 Å². The number of ether oxygens (including phenoxy) is 1. The fraction of sp³-hybridized carbons (Fsp3) is 0.385. The molecule has 6 nitrogen and oxygen atoms in total. The molecule has 0 radical (unpaired) electrons. The minimum Gasteiger partial charge on any atom is -0.504 e. The highest BCUT2D eigenvalue weighted by molar-refractivity contribution is 5.82. The zero-order valence-corrected chi connectivity index (χ0v) is 11.1. The fourth-order valence-electron chi connectivity index (χ4n) is 1.89. The monoisotopic (exact) mass is 267 g/mol. The second kappa shape index (κ2) is 6.08. The lowest BCUT2D eigenvalue weighted by Crippen LogP contribution is -2.41. The number of nitrogens with one attached hydrogen (secondary N) is 1.